The van der Waals surface area contributed by atoms with E-state index in [-0.39, 0.29) is 5.92 Å². The van der Waals surface area contributed by atoms with E-state index in [0.717, 1.165) is 11.5 Å². The van der Waals surface area contributed by atoms with Gasteiger partial charge in [-0.15, -0.1) is 28.3 Å². The van der Waals surface area contributed by atoms with E-state index in [2.05, 4.69) is 15.5 Å². The van der Waals surface area contributed by atoms with E-state index in [0.29, 0.717) is 18.2 Å². The van der Waals surface area contributed by atoms with Crippen molar-refractivity contribution >= 4 is 23.2 Å². The number of alkyl halides is 2. The van der Waals surface area contributed by atoms with Gasteiger partial charge >= 0.3 is 0 Å². The van der Waals surface area contributed by atoms with E-state index in [1.807, 2.05) is 30.3 Å². The van der Waals surface area contributed by atoms with Gasteiger partial charge in [-0.3, -0.25) is 0 Å². The van der Waals surface area contributed by atoms with Gasteiger partial charge in [-0.05, 0) is 28.5 Å². The van der Waals surface area contributed by atoms with Crippen LogP contribution in [-0.2, 0) is 6.42 Å². The van der Waals surface area contributed by atoms with Crippen molar-refractivity contribution in [3.05, 3.63) is 36.2 Å². The molecule has 0 saturated carbocycles. The zero-order valence-corrected chi connectivity index (χ0v) is 10.6. The molecule has 0 radical (unpaired) electrons. The first-order chi connectivity index (χ1) is 8.35. The quantitative estimate of drug-likeness (QED) is 0.784. The van der Waals surface area contributed by atoms with Crippen LogP contribution in [0.4, 0.5) is 0 Å². The number of benzene rings is 1. The number of rotatable bonds is 5. The molecule has 0 unspecified atom stereocenters. The average molecular weight is 271 g/mol. The third-order valence-corrected chi connectivity index (χ3v) is 3.32. The van der Waals surface area contributed by atoms with Crippen LogP contribution in [0.2, 0.25) is 0 Å². The highest BCUT2D eigenvalue weighted by molar-refractivity contribution is 6.20. The first-order valence-corrected chi connectivity index (χ1v) is 6.36. The van der Waals surface area contributed by atoms with Gasteiger partial charge in [-0.25, -0.2) is 0 Å². The Morgan fingerprint density at radius 3 is 2.47 bits per heavy atom. The molecule has 0 aliphatic rings. The summed E-state index contributed by atoms with van der Waals surface area (Å²) in [4.78, 5) is 0. The minimum atomic E-state index is 0.187. The zero-order valence-electron chi connectivity index (χ0n) is 9.13. The predicted octanol–water partition coefficient (Wildman–Crippen LogP) is 2.30. The number of hydrogen-bond donors (Lipinski definition) is 0. The molecule has 0 saturated heterocycles. The summed E-state index contributed by atoms with van der Waals surface area (Å²) in [7, 11) is 0. The minimum absolute atomic E-state index is 0.187. The molecule has 1 heterocycles. The van der Waals surface area contributed by atoms with Gasteiger partial charge in [-0.2, -0.15) is 4.68 Å². The molecule has 0 bridgehead atoms. The van der Waals surface area contributed by atoms with Gasteiger partial charge in [0.05, 0.1) is 5.69 Å². The highest BCUT2D eigenvalue weighted by atomic mass is 35.5. The van der Waals surface area contributed by atoms with Crippen molar-refractivity contribution in [3.8, 4) is 5.69 Å². The molecule has 4 nitrogen and oxygen atoms in total. The van der Waals surface area contributed by atoms with Crippen LogP contribution in [0.1, 0.15) is 5.82 Å². The molecular formula is C11H12Cl2N4. The van der Waals surface area contributed by atoms with Crippen molar-refractivity contribution in [1.29, 1.82) is 0 Å². The van der Waals surface area contributed by atoms with Crippen molar-refractivity contribution in [1.82, 2.24) is 20.2 Å². The molecular weight excluding hydrogens is 259 g/mol. The molecule has 6 heteroatoms. The maximum absolute atomic E-state index is 5.82. The molecule has 0 fully saturated rings. The molecule has 0 spiro atoms. The van der Waals surface area contributed by atoms with E-state index < -0.39 is 0 Å². The van der Waals surface area contributed by atoms with Gasteiger partial charge in [0.1, 0.15) is 0 Å². The fourth-order valence-corrected chi connectivity index (χ4v) is 2.06. The summed E-state index contributed by atoms with van der Waals surface area (Å²) in [6.45, 7) is 0. The van der Waals surface area contributed by atoms with E-state index in [1.165, 1.54) is 0 Å². The lowest BCUT2D eigenvalue weighted by Gasteiger charge is -2.09. The second kappa shape index (κ2) is 5.98. The molecule has 2 rings (SSSR count). The van der Waals surface area contributed by atoms with Crippen molar-refractivity contribution < 1.29 is 0 Å². The summed E-state index contributed by atoms with van der Waals surface area (Å²) in [5, 5.41) is 11.7. The van der Waals surface area contributed by atoms with E-state index in [1.54, 1.807) is 4.68 Å². The molecule has 0 aliphatic carbocycles. The van der Waals surface area contributed by atoms with Crippen molar-refractivity contribution in [2.24, 2.45) is 5.92 Å². The predicted molar refractivity (Wildman–Crippen MR) is 67.8 cm³/mol. The molecule has 90 valence electrons. The second-order valence-electron chi connectivity index (χ2n) is 3.72. The summed E-state index contributed by atoms with van der Waals surface area (Å²) in [6, 6.07) is 9.75. The summed E-state index contributed by atoms with van der Waals surface area (Å²) in [6.07, 6.45) is 0.675. The summed E-state index contributed by atoms with van der Waals surface area (Å²) < 4.78 is 1.71. The van der Waals surface area contributed by atoms with Crippen LogP contribution >= 0.6 is 23.2 Å². The third-order valence-electron chi connectivity index (χ3n) is 2.44. The lowest BCUT2D eigenvalue weighted by Crippen LogP contribution is -2.13. The molecule has 0 amide bonds. The Morgan fingerprint density at radius 1 is 1.12 bits per heavy atom. The van der Waals surface area contributed by atoms with E-state index in [4.69, 9.17) is 23.2 Å². The summed E-state index contributed by atoms with van der Waals surface area (Å²) >= 11 is 11.6. The number of nitrogens with zero attached hydrogens (tertiary/aromatic N) is 4. The van der Waals surface area contributed by atoms with E-state index in [9.17, 15) is 0 Å². The first-order valence-electron chi connectivity index (χ1n) is 5.29. The molecule has 2 aromatic rings. The molecule has 17 heavy (non-hydrogen) atoms. The maximum Gasteiger partial charge on any atom is 0.157 e. The van der Waals surface area contributed by atoms with E-state index >= 15 is 0 Å². The smallest absolute Gasteiger partial charge is 0.157 e. The van der Waals surface area contributed by atoms with Crippen LogP contribution in [0.5, 0.6) is 0 Å². The SMILES string of the molecule is ClCC(CCl)Cc1nnnn1-c1ccccc1. The minimum Gasteiger partial charge on any atom is -0.197 e. The van der Waals surface area contributed by atoms with Crippen molar-refractivity contribution in [3.63, 3.8) is 0 Å². The zero-order chi connectivity index (χ0) is 12.1. The Balaban J connectivity index is 2.23. The Morgan fingerprint density at radius 2 is 1.82 bits per heavy atom. The number of halogens is 2. The van der Waals surface area contributed by atoms with Gasteiger partial charge < -0.3 is 0 Å². The van der Waals surface area contributed by atoms with Crippen LogP contribution in [0.15, 0.2) is 30.3 Å². The first kappa shape index (κ1) is 12.3. The largest absolute Gasteiger partial charge is 0.197 e. The molecule has 1 aromatic heterocycles. The molecule has 0 N–H and O–H groups in total. The fraction of sp³-hybridized carbons (Fsp3) is 0.364. The lowest BCUT2D eigenvalue weighted by molar-refractivity contribution is 0.616. The second-order valence-corrected chi connectivity index (χ2v) is 4.34. The number of aromatic nitrogens is 4. The highest BCUT2D eigenvalue weighted by Gasteiger charge is 2.14. The Hall–Kier alpha value is -1.13. The highest BCUT2D eigenvalue weighted by Crippen LogP contribution is 2.13. The van der Waals surface area contributed by atoms with Gasteiger partial charge in [0.2, 0.25) is 0 Å². The Labute approximate surface area is 110 Å². The number of hydrogen-bond acceptors (Lipinski definition) is 3. The van der Waals surface area contributed by atoms with Gasteiger partial charge in [-0.1, -0.05) is 18.2 Å². The van der Waals surface area contributed by atoms with Gasteiger partial charge in [0, 0.05) is 18.2 Å². The van der Waals surface area contributed by atoms with Gasteiger partial charge in [0.25, 0.3) is 0 Å². The monoisotopic (exact) mass is 270 g/mol. The molecule has 0 atom stereocenters. The van der Waals surface area contributed by atoms with Crippen LogP contribution in [0, 0.1) is 5.92 Å². The van der Waals surface area contributed by atoms with Crippen molar-refractivity contribution in [2.45, 2.75) is 6.42 Å². The van der Waals surface area contributed by atoms with Crippen LogP contribution < -0.4 is 0 Å². The van der Waals surface area contributed by atoms with Crippen LogP contribution in [0.3, 0.4) is 0 Å². The van der Waals surface area contributed by atoms with Crippen LogP contribution in [0.25, 0.3) is 5.69 Å². The molecule has 0 aliphatic heterocycles. The van der Waals surface area contributed by atoms with Crippen molar-refractivity contribution in [2.75, 3.05) is 11.8 Å². The summed E-state index contributed by atoms with van der Waals surface area (Å²) in [5.41, 5.74) is 0.940. The Kier molecular flexibility index (Phi) is 4.34. The summed E-state index contributed by atoms with van der Waals surface area (Å²) in [5.74, 6) is 1.98. The normalized spacial score (nSPS) is 11.0. The standard InChI is InChI=1S/C11H12Cl2N4/c12-7-9(8-13)6-11-14-15-16-17(11)10-4-2-1-3-5-10/h1-5,9H,6-8H2. The number of para-hydroxylation sites is 1. The fourth-order valence-electron chi connectivity index (χ4n) is 1.51. The van der Waals surface area contributed by atoms with Crippen LogP contribution in [-0.4, -0.2) is 32.0 Å². The van der Waals surface area contributed by atoms with Gasteiger partial charge in [0.15, 0.2) is 5.82 Å². The maximum atomic E-state index is 5.82. The topological polar surface area (TPSA) is 43.6 Å². The Bertz CT molecular complexity index is 454. The third kappa shape index (κ3) is 2.96. The number of tetrazole rings is 1. The average Bonchev–Trinajstić information content (AvgIpc) is 2.85. The lowest BCUT2D eigenvalue weighted by atomic mass is 10.1. The molecule has 1 aromatic carbocycles.